The van der Waals surface area contributed by atoms with E-state index in [4.69, 9.17) is 9.72 Å². The number of likely N-dealkylation sites (tertiary alicyclic amines) is 1. The van der Waals surface area contributed by atoms with E-state index in [-0.39, 0.29) is 37.1 Å². The van der Waals surface area contributed by atoms with Crippen molar-refractivity contribution in [2.24, 2.45) is 12.5 Å². The van der Waals surface area contributed by atoms with Crippen LogP contribution in [0.2, 0.25) is 0 Å². The van der Waals surface area contributed by atoms with Crippen molar-refractivity contribution in [2.75, 3.05) is 26.3 Å². The zero-order chi connectivity index (χ0) is 26.0. The fourth-order valence-corrected chi connectivity index (χ4v) is 6.32. The fourth-order valence-electron chi connectivity index (χ4n) is 6.32. The number of amides is 3. The van der Waals surface area contributed by atoms with Crippen LogP contribution in [-0.2, 0) is 34.5 Å². The summed E-state index contributed by atoms with van der Waals surface area (Å²) in [6, 6.07) is 10.0. The molecular formula is C29H31N5O4. The molecule has 9 heteroatoms. The Labute approximate surface area is 220 Å². The Bertz CT molecular complexity index is 1460. The highest BCUT2D eigenvalue weighted by Gasteiger charge is 2.41. The summed E-state index contributed by atoms with van der Waals surface area (Å²) in [6.07, 6.45) is 5.52. The summed E-state index contributed by atoms with van der Waals surface area (Å²) in [4.78, 5) is 45.5. The van der Waals surface area contributed by atoms with E-state index in [1.165, 1.54) is 23.4 Å². The summed E-state index contributed by atoms with van der Waals surface area (Å²) in [6.45, 7) is 5.02. The molecule has 0 saturated carbocycles. The van der Waals surface area contributed by atoms with Crippen LogP contribution in [0.15, 0.2) is 36.5 Å². The number of carbonyl (C=O) groups is 3. The molecule has 38 heavy (non-hydrogen) atoms. The van der Waals surface area contributed by atoms with Crippen molar-refractivity contribution in [3.63, 3.8) is 0 Å². The van der Waals surface area contributed by atoms with Gasteiger partial charge in [-0.25, -0.2) is 9.99 Å². The van der Waals surface area contributed by atoms with Gasteiger partial charge in [-0.2, -0.15) is 5.01 Å². The highest BCUT2D eigenvalue weighted by Crippen LogP contribution is 2.39. The van der Waals surface area contributed by atoms with Crippen LogP contribution < -0.4 is 0 Å². The van der Waals surface area contributed by atoms with Crippen molar-refractivity contribution >= 4 is 28.8 Å². The van der Waals surface area contributed by atoms with Gasteiger partial charge in [0.2, 0.25) is 11.8 Å². The van der Waals surface area contributed by atoms with Gasteiger partial charge in [0.15, 0.2) is 0 Å². The van der Waals surface area contributed by atoms with Crippen molar-refractivity contribution in [3.8, 4) is 11.3 Å². The molecule has 0 N–H and O–H groups in total. The molecular weight excluding hydrogens is 482 g/mol. The molecule has 3 fully saturated rings. The first-order valence-corrected chi connectivity index (χ1v) is 13.5. The molecule has 9 nitrogen and oxygen atoms in total. The van der Waals surface area contributed by atoms with Gasteiger partial charge >= 0.3 is 0 Å². The third-order valence-corrected chi connectivity index (χ3v) is 8.73. The molecule has 0 aliphatic carbocycles. The van der Waals surface area contributed by atoms with Crippen LogP contribution in [0.4, 0.5) is 0 Å². The number of benzene rings is 1. The van der Waals surface area contributed by atoms with Gasteiger partial charge in [0.1, 0.15) is 5.65 Å². The number of ether oxygens (including phenoxy) is 1. The number of aryl methyl sites for hydroxylation is 1. The summed E-state index contributed by atoms with van der Waals surface area (Å²) < 4.78 is 7.54. The van der Waals surface area contributed by atoms with Crippen molar-refractivity contribution < 1.29 is 19.1 Å². The lowest BCUT2D eigenvalue weighted by Crippen LogP contribution is -2.51. The summed E-state index contributed by atoms with van der Waals surface area (Å²) in [5, 5.41) is 3.51. The molecule has 3 aromatic rings. The topological polar surface area (TPSA) is 88.0 Å². The molecule has 196 valence electrons. The molecule has 2 aromatic heterocycles. The van der Waals surface area contributed by atoms with Crippen LogP contribution in [0, 0.1) is 5.41 Å². The Morgan fingerprint density at radius 2 is 1.76 bits per heavy atom. The third kappa shape index (κ3) is 3.75. The van der Waals surface area contributed by atoms with Crippen LogP contribution >= 0.6 is 0 Å². The van der Waals surface area contributed by atoms with Crippen LogP contribution in [0.5, 0.6) is 0 Å². The van der Waals surface area contributed by atoms with Crippen LogP contribution in [0.25, 0.3) is 22.3 Å². The lowest BCUT2D eigenvalue weighted by molar-refractivity contribution is -0.163. The molecule has 0 unspecified atom stereocenters. The first-order chi connectivity index (χ1) is 18.4. The predicted octanol–water partition coefficient (Wildman–Crippen LogP) is 3.26. The zero-order valence-electron chi connectivity index (χ0n) is 21.6. The second-order valence-electron chi connectivity index (χ2n) is 11.3. The van der Waals surface area contributed by atoms with Crippen LogP contribution in [-0.4, -0.2) is 68.5 Å². The maximum absolute atomic E-state index is 13.1. The number of carbonyl (C=O) groups excluding carboxylic acids is 3. The third-order valence-electron chi connectivity index (χ3n) is 8.73. The Balaban J connectivity index is 1.18. The van der Waals surface area contributed by atoms with Gasteiger partial charge in [-0.15, -0.1) is 0 Å². The number of hydrogen-bond acceptors (Lipinski definition) is 6. The number of pyridine rings is 1. The lowest BCUT2D eigenvalue weighted by atomic mass is 9.77. The molecule has 0 atom stereocenters. The minimum Gasteiger partial charge on any atom is -0.380 e. The fraction of sp³-hybridized carbons (Fsp3) is 0.448. The average molecular weight is 514 g/mol. The van der Waals surface area contributed by atoms with Crippen molar-refractivity contribution in [1.82, 2.24) is 24.5 Å². The molecule has 0 radical (unpaired) electrons. The SMILES string of the molecule is Cn1ccc2c(CN3CCC4(CC3)COC4)cc(-c3ccc4c(c3)CN(N3C(=O)CCCC3=O)C4=O)nc21. The van der Waals surface area contributed by atoms with Gasteiger partial charge in [-0.05, 0) is 67.7 Å². The van der Waals surface area contributed by atoms with E-state index in [1.807, 2.05) is 29.9 Å². The van der Waals surface area contributed by atoms with Gasteiger partial charge in [-0.1, -0.05) is 6.07 Å². The van der Waals surface area contributed by atoms with Crippen molar-refractivity contribution in [3.05, 3.63) is 53.2 Å². The monoisotopic (exact) mass is 513 g/mol. The number of nitrogens with zero attached hydrogens (tertiary/aromatic N) is 5. The average Bonchev–Trinajstić information content (AvgIpc) is 3.43. The highest BCUT2D eigenvalue weighted by atomic mass is 16.5. The minimum atomic E-state index is -0.309. The maximum Gasteiger partial charge on any atom is 0.273 e. The van der Waals surface area contributed by atoms with E-state index in [0.717, 1.165) is 65.7 Å². The number of rotatable bonds is 4. The van der Waals surface area contributed by atoms with E-state index in [9.17, 15) is 14.4 Å². The normalized spacial score (nSPS) is 21.4. The molecule has 3 saturated heterocycles. The first-order valence-electron chi connectivity index (χ1n) is 13.5. The molecule has 6 heterocycles. The maximum atomic E-state index is 13.1. The summed E-state index contributed by atoms with van der Waals surface area (Å²) in [7, 11) is 2.01. The second-order valence-corrected chi connectivity index (χ2v) is 11.3. The van der Waals surface area contributed by atoms with Gasteiger partial charge in [0.05, 0.1) is 25.5 Å². The van der Waals surface area contributed by atoms with Crippen molar-refractivity contribution in [2.45, 2.75) is 45.2 Å². The molecule has 1 spiro atoms. The Hall–Kier alpha value is -3.56. The minimum absolute atomic E-state index is 0.206. The van der Waals surface area contributed by atoms with E-state index >= 15 is 0 Å². The number of aromatic nitrogens is 2. The van der Waals surface area contributed by atoms with Crippen LogP contribution in [0.3, 0.4) is 0 Å². The Kier molecular flexibility index (Phi) is 5.42. The molecule has 4 aliphatic rings. The molecule has 0 bridgehead atoms. The molecule has 4 aliphatic heterocycles. The lowest BCUT2D eigenvalue weighted by Gasteiger charge is -2.47. The van der Waals surface area contributed by atoms with E-state index in [1.54, 1.807) is 6.07 Å². The molecule has 7 rings (SSSR count). The van der Waals surface area contributed by atoms with Crippen molar-refractivity contribution in [1.29, 1.82) is 0 Å². The predicted molar refractivity (Wildman–Crippen MR) is 139 cm³/mol. The number of hydrogen-bond donors (Lipinski definition) is 0. The summed E-state index contributed by atoms with van der Waals surface area (Å²) in [5.74, 6) is -0.922. The quantitative estimate of drug-likeness (QED) is 0.498. The Morgan fingerprint density at radius 1 is 1.00 bits per heavy atom. The summed E-state index contributed by atoms with van der Waals surface area (Å²) >= 11 is 0. The van der Waals surface area contributed by atoms with Gasteiger partial charge in [-0.3, -0.25) is 19.3 Å². The van der Waals surface area contributed by atoms with Gasteiger partial charge in [0.25, 0.3) is 5.91 Å². The molecule has 1 aromatic carbocycles. The Morgan fingerprint density at radius 3 is 2.47 bits per heavy atom. The second kappa shape index (κ2) is 8.74. The van der Waals surface area contributed by atoms with E-state index < -0.39 is 0 Å². The van der Waals surface area contributed by atoms with Gasteiger partial charge < -0.3 is 9.30 Å². The number of hydrazine groups is 1. The highest BCUT2D eigenvalue weighted by molar-refractivity contribution is 6.04. The van der Waals surface area contributed by atoms with Gasteiger partial charge in [0, 0.05) is 54.6 Å². The summed E-state index contributed by atoms with van der Waals surface area (Å²) in [5.41, 5.74) is 5.69. The molecule has 3 amide bonds. The standard InChI is InChI=1S/C29H31N5O4/c1-31-10-7-22-21(15-32-11-8-29(9-12-32)17-38-18-29)14-24(30-27(22)31)19-5-6-23-20(13-19)16-33(28(23)37)34-25(35)3-2-4-26(34)36/h5-7,10,13-14H,2-4,8-9,11-12,15-18H2,1H3. The smallest absolute Gasteiger partial charge is 0.273 e. The number of piperidine rings is 2. The van der Waals surface area contributed by atoms with E-state index in [2.05, 4.69) is 17.0 Å². The number of fused-ring (bicyclic) bond motifs is 2. The van der Waals surface area contributed by atoms with E-state index in [0.29, 0.717) is 17.4 Å². The van der Waals surface area contributed by atoms with Crippen LogP contribution in [0.1, 0.15) is 53.6 Å². The zero-order valence-corrected chi connectivity index (χ0v) is 21.6. The number of imide groups is 1. The first kappa shape index (κ1) is 23.5. The largest absolute Gasteiger partial charge is 0.380 e.